The lowest BCUT2D eigenvalue weighted by molar-refractivity contribution is -0.352. The molecule has 7 rings (SSSR count). The standard InChI is InChI=1S/C20H17ClF3N5O3/c21-11-1-2-29-6-13(25-14(29)5-11)15(30)26-19-7-18(8-19,9-19)17-28-27-16(31-17)10-3-12(4-10)32-20(22,23)24/h1-2,5-6,10,12H,3-4,7-9H2,(H,26,30). The summed E-state index contributed by atoms with van der Waals surface area (Å²) in [5.74, 6) is 0.377. The van der Waals surface area contributed by atoms with E-state index in [1.54, 1.807) is 28.9 Å². The number of halogens is 4. The summed E-state index contributed by atoms with van der Waals surface area (Å²) in [7, 11) is 0. The topological polar surface area (TPSA) is 94.5 Å². The minimum absolute atomic E-state index is 0.207. The number of fused-ring (bicyclic) bond motifs is 1. The maximum atomic E-state index is 12.7. The van der Waals surface area contributed by atoms with Crippen molar-refractivity contribution in [2.24, 2.45) is 0 Å². The Hall–Kier alpha value is -2.66. The van der Waals surface area contributed by atoms with Crippen LogP contribution in [0.1, 0.15) is 60.3 Å². The third kappa shape index (κ3) is 3.17. The van der Waals surface area contributed by atoms with Crippen molar-refractivity contribution in [2.75, 3.05) is 0 Å². The van der Waals surface area contributed by atoms with Crippen LogP contribution < -0.4 is 5.32 Å². The lowest BCUT2D eigenvalue weighted by Gasteiger charge is -2.68. The lowest BCUT2D eigenvalue weighted by atomic mass is 9.39. The molecule has 0 radical (unpaired) electrons. The molecule has 3 aromatic heterocycles. The maximum absolute atomic E-state index is 12.7. The van der Waals surface area contributed by atoms with Crippen LogP contribution in [0.2, 0.25) is 5.02 Å². The van der Waals surface area contributed by atoms with Crippen molar-refractivity contribution in [2.45, 2.75) is 61.4 Å². The summed E-state index contributed by atoms with van der Waals surface area (Å²) in [6.45, 7) is 0. The van der Waals surface area contributed by atoms with E-state index < -0.39 is 12.5 Å². The van der Waals surface area contributed by atoms with Gasteiger partial charge in [0.2, 0.25) is 11.8 Å². The zero-order valence-electron chi connectivity index (χ0n) is 16.5. The summed E-state index contributed by atoms with van der Waals surface area (Å²) >= 11 is 5.97. The monoisotopic (exact) mass is 467 g/mol. The van der Waals surface area contributed by atoms with Crippen molar-refractivity contribution in [3.63, 3.8) is 0 Å². The number of imidazole rings is 1. The SMILES string of the molecule is O=C(NC12CC(c3nnc(C4CC(OC(F)(F)F)C4)o3)(C1)C2)c1cn2ccc(Cl)cc2n1. The number of nitrogens with one attached hydrogen (secondary N) is 1. The van der Waals surface area contributed by atoms with Crippen LogP contribution in [-0.4, -0.2) is 43.5 Å². The molecule has 0 unspecified atom stereocenters. The van der Waals surface area contributed by atoms with Crippen molar-refractivity contribution in [3.05, 3.63) is 47.0 Å². The molecule has 0 aromatic carbocycles. The molecule has 4 saturated carbocycles. The Morgan fingerprint density at radius 1 is 1.28 bits per heavy atom. The molecule has 0 aliphatic heterocycles. The summed E-state index contributed by atoms with van der Waals surface area (Å²) in [4.78, 5) is 17.0. The number of ether oxygens (including phenoxy) is 1. The van der Waals surface area contributed by atoms with Gasteiger partial charge < -0.3 is 14.1 Å². The van der Waals surface area contributed by atoms with Crippen LogP contribution in [0.4, 0.5) is 13.2 Å². The lowest BCUT2D eigenvalue weighted by Crippen LogP contribution is -2.76. The van der Waals surface area contributed by atoms with Crippen molar-refractivity contribution < 1.29 is 27.1 Å². The molecule has 12 heteroatoms. The van der Waals surface area contributed by atoms with E-state index in [4.69, 9.17) is 16.0 Å². The molecular formula is C20H17ClF3N5O3. The summed E-state index contributed by atoms with van der Waals surface area (Å²) in [6, 6.07) is 3.40. The molecule has 2 bridgehead atoms. The highest BCUT2D eigenvalue weighted by molar-refractivity contribution is 6.30. The van der Waals surface area contributed by atoms with Crippen molar-refractivity contribution >= 4 is 23.2 Å². The fourth-order valence-electron chi connectivity index (χ4n) is 5.19. The second-order valence-electron chi connectivity index (χ2n) is 9.08. The van der Waals surface area contributed by atoms with Crippen LogP contribution in [-0.2, 0) is 10.2 Å². The Balaban J connectivity index is 1.06. The first-order valence-electron chi connectivity index (χ1n) is 10.2. The third-order valence-electron chi connectivity index (χ3n) is 6.70. The molecule has 1 N–H and O–H groups in total. The van der Waals surface area contributed by atoms with E-state index in [-0.39, 0.29) is 35.6 Å². The van der Waals surface area contributed by atoms with Gasteiger partial charge in [0, 0.05) is 34.9 Å². The second-order valence-corrected chi connectivity index (χ2v) is 9.52. The minimum Gasteiger partial charge on any atom is -0.424 e. The predicted molar refractivity (Wildman–Crippen MR) is 103 cm³/mol. The summed E-state index contributed by atoms with van der Waals surface area (Å²) < 4.78 is 48.3. The number of nitrogens with zero attached hydrogens (tertiary/aromatic N) is 4. The molecule has 0 spiro atoms. The smallest absolute Gasteiger partial charge is 0.424 e. The molecule has 4 fully saturated rings. The average molecular weight is 468 g/mol. The van der Waals surface area contributed by atoms with Gasteiger partial charge in [0.25, 0.3) is 5.91 Å². The highest BCUT2D eigenvalue weighted by Crippen LogP contribution is 2.67. The number of rotatable bonds is 5. The van der Waals surface area contributed by atoms with E-state index in [1.807, 2.05) is 0 Å². The first kappa shape index (κ1) is 20.0. The summed E-state index contributed by atoms with van der Waals surface area (Å²) in [5.41, 5.74) is 0.318. The molecule has 8 nitrogen and oxygen atoms in total. The third-order valence-corrected chi connectivity index (χ3v) is 6.94. The number of hydrogen-bond donors (Lipinski definition) is 1. The van der Waals surface area contributed by atoms with Crippen LogP contribution >= 0.6 is 11.6 Å². The van der Waals surface area contributed by atoms with Crippen LogP contribution in [0.3, 0.4) is 0 Å². The van der Waals surface area contributed by atoms with E-state index in [1.165, 1.54) is 0 Å². The molecule has 1 amide bonds. The Bertz CT molecular complexity index is 1210. The first-order valence-corrected chi connectivity index (χ1v) is 10.6. The number of amides is 1. The van der Waals surface area contributed by atoms with Crippen LogP contribution in [0.15, 0.2) is 28.9 Å². The number of alkyl halides is 3. The largest absolute Gasteiger partial charge is 0.522 e. The molecule has 32 heavy (non-hydrogen) atoms. The summed E-state index contributed by atoms with van der Waals surface area (Å²) in [5, 5.41) is 11.8. The van der Waals surface area contributed by atoms with Crippen LogP contribution in [0.25, 0.3) is 5.65 Å². The van der Waals surface area contributed by atoms with Gasteiger partial charge in [-0.3, -0.25) is 9.53 Å². The van der Waals surface area contributed by atoms with Gasteiger partial charge in [0.15, 0.2) is 0 Å². The molecule has 3 heterocycles. The van der Waals surface area contributed by atoms with E-state index in [0.29, 0.717) is 47.4 Å². The van der Waals surface area contributed by atoms with E-state index in [9.17, 15) is 18.0 Å². The second kappa shape index (κ2) is 6.44. The van der Waals surface area contributed by atoms with Crippen molar-refractivity contribution in [1.82, 2.24) is 24.9 Å². The Morgan fingerprint density at radius 2 is 2.03 bits per heavy atom. The Morgan fingerprint density at radius 3 is 2.75 bits per heavy atom. The molecule has 0 saturated heterocycles. The molecule has 4 aliphatic carbocycles. The molecule has 4 aliphatic rings. The number of aromatic nitrogens is 4. The maximum Gasteiger partial charge on any atom is 0.522 e. The molecular weight excluding hydrogens is 451 g/mol. The highest BCUT2D eigenvalue weighted by Gasteiger charge is 2.72. The van der Waals surface area contributed by atoms with Crippen molar-refractivity contribution in [3.8, 4) is 0 Å². The molecule has 3 aromatic rings. The van der Waals surface area contributed by atoms with Gasteiger partial charge in [-0.2, -0.15) is 0 Å². The highest BCUT2D eigenvalue weighted by atomic mass is 35.5. The summed E-state index contributed by atoms with van der Waals surface area (Å²) in [6.07, 6.45) is 0.350. The quantitative estimate of drug-likeness (QED) is 0.614. The van der Waals surface area contributed by atoms with Gasteiger partial charge in [0.1, 0.15) is 11.3 Å². The predicted octanol–water partition coefficient (Wildman–Crippen LogP) is 3.76. The van der Waals surface area contributed by atoms with Crippen LogP contribution in [0.5, 0.6) is 0 Å². The van der Waals surface area contributed by atoms with Crippen LogP contribution in [0, 0.1) is 0 Å². The van der Waals surface area contributed by atoms with E-state index in [2.05, 4.69) is 25.2 Å². The normalized spacial score (nSPS) is 31.0. The number of hydrogen-bond acceptors (Lipinski definition) is 6. The van der Waals surface area contributed by atoms with Gasteiger partial charge in [-0.15, -0.1) is 23.4 Å². The van der Waals surface area contributed by atoms with Gasteiger partial charge >= 0.3 is 6.36 Å². The fraction of sp³-hybridized carbons (Fsp3) is 0.500. The first-order chi connectivity index (χ1) is 15.1. The number of carbonyl (C=O) groups excluding carboxylic acids is 1. The van der Waals surface area contributed by atoms with Gasteiger partial charge in [-0.25, -0.2) is 4.98 Å². The van der Waals surface area contributed by atoms with Crippen molar-refractivity contribution in [1.29, 1.82) is 0 Å². The zero-order chi connectivity index (χ0) is 22.3. The van der Waals surface area contributed by atoms with Gasteiger partial charge in [0.05, 0.1) is 11.5 Å². The number of pyridine rings is 1. The average Bonchev–Trinajstić information content (AvgIpc) is 3.25. The van der Waals surface area contributed by atoms with Gasteiger partial charge in [-0.1, -0.05) is 11.6 Å². The Labute approximate surface area is 184 Å². The molecule has 0 atom stereocenters. The van der Waals surface area contributed by atoms with E-state index in [0.717, 1.165) is 0 Å². The fourth-order valence-corrected chi connectivity index (χ4v) is 5.34. The van der Waals surface area contributed by atoms with E-state index >= 15 is 0 Å². The zero-order valence-corrected chi connectivity index (χ0v) is 17.3. The Kier molecular flexibility index (Phi) is 4.02. The number of carbonyl (C=O) groups is 1. The minimum atomic E-state index is -4.63. The molecule has 168 valence electrons. The van der Waals surface area contributed by atoms with Gasteiger partial charge in [-0.05, 0) is 38.2 Å².